The van der Waals surface area contributed by atoms with Crippen LogP contribution in [0.4, 0.5) is 0 Å². The normalized spacial score (nSPS) is 29.2. The summed E-state index contributed by atoms with van der Waals surface area (Å²) in [5.74, 6) is 4.19. The van der Waals surface area contributed by atoms with Crippen LogP contribution >= 0.6 is 0 Å². The quantitative estimate of drug-likeness (QED) is 0.373. The Hall–Kier alpha value is -1.04. The van der Waals surface area contributed by atoms with Crippen LogP contribution in [0.2, 0.25) is 0 Å². The van der Waals surface area contributed by atoms with Crippen molar-refractivity contribution in [1.82, 2.24) is 0 Å². The van der Waals surface area contributed by atoms with E-state index in [1.807, 2.05) is 11.1 Å². The van der Waals surface area contributed by atoms with Crippen LogP contribution in [0, 0.1) is 29.6 Å². The van der Waals surface area contributed by atoms with Crippen molar-refractivity contribution in [2.75, 3.05) is 0 Å². The molecule has 0 radical (unpaired) electrons. The fourth-order valence-electron chi connectivity index (χ4n) is 6.21. The minimum Gasteiger partial charge on any atom is -0.0885 e. The first-order valence-corrected chi connectivity index (χ1v) is 13.6. The monoisotopic (exact) mass is 422 g/mol. The van der Waals surface area contributed by atoms with Crippen molar-refractivity contribution in [3.05, 3.63) is 46.6 Å². The molecule has 0 heteroatoms. The van der Waals surface area contributed by atoms with E-state index in [-0.39, 0.29) is 0 Å². The summed E-state index contributed by atoms with van der Waals surface area (Å²) >= 11 is 0. The number of fused-ring (bicyclic) bond motifs is 1. The van der Waals surface area contributed by atoms with Crippen molar-refractivity contribution >= 4 is 0 Å². The lowest BCUT2D eigenvalue weighted by Crippen LogP contribution is -2.14. The number of allylic oxidation sites excluding steroid dienone is 8. The van der Waals surface area contributed by atoms with Crippen molar-refractivity contribution in [1.29, 1.82) is 0 Å². The summed E-state index contributed by atoms with van der Waals surface area (Å²) in [6.07, 6.45) is 27.4. The Balaban J connectivity index is 1.86. The van der Waals surface area contributed by atoms with Gasteiger partial charge in [-0.1, -0.05) is 74.3 Å². The van der Waals surface area contributed by atoms with Gasteiger partial charge in [0.05, 0.1) is 0 Å². The van der Waals surface area contributed by atoms with Crippen LogP contribution in [0.3, 0.4) is 0 Å². The summed E-state index contributed by atoms with van der Waals surface area (Å²) in [4.78, 5) is 0. The van der Waals surface area contributed by atoms with Gasteiger partial charge in [-0.3, -0.25) is 0 Å². The third kappa shape index (κ3) is 8.43. The molecular weight excluding hydrogens is 372 g/mol. The van der Waals surface area contributed by atoms with E-state index in [0.29, 0.717) is 0 Å². The minimum atomic E-state index is 0.794. The van der Waals surface area contributed by atoms with Crippen molar-refractivity contribution in [2.24, 2.45) is 29.6 Å². The predicted molar refractivity (Wildman–Crippen MR) is 138 cm³/mol. The molecule has 0 saturated heterocycles. The van der Waals surface area contributed by atoms with Crippen molar-refractivity contribution < 1.29 is 0 Å². The molecule has 3 rings (SSSR count). The summed E-state index contributed by atoms with van der Waals surface area (Å²) < 4.78 is 0. The Bertz CT molecular complexity index is 683. The zero-order valence-electron chi connectivity index (χ0n) is 21.4. The van der Waals surface area contributed by atoms with Gasteiger partial charge in [0.1, 0.15) is 0 Å². The Morgan fingerprint density at radius 1 is 0.968 bits per heavy atom. The van der Waals surface area contributed by atoms with Crippen molar-refractivity contribution in [3.63, 3.8) is 0 Å². The second kappa shape index (κ2) is 12.3. The molecule has 0 heterocycles. The first kappa shape index (κ1) is 24.6. The van der Waals surface area contributed by atoms with E-state index in [1.54, 1.807) is 11.1 Å². The topological polar surface area (TPSA) is 0 Å². The molecule has 31 heavy (non-hydrogen) atoms. The van der Waals surface area contributed by atoms with E-state index in [2.05, 4.69) is 58.9 Å². The lowest BCUT2D eigenvalue weighted by molar-refractivity contribution is 0.392. The van der Waals surface area contributed by atoms with Crippen LogP contribution in [0.15, 0.2) is 46.6 Å². The van der Waals surface area contributed by atoms with Gasteiger partial charge in [-0.05, 0) is 120 Å². The van der Waals surface area contributed by atoms with E-state index in [4.69, 9.17) is 0 Å². The second-order valence-electron chi connectivity index (χ2n) is 11.7. The van der Waals surface area contributed by atoms with Crippen LogP contribution in [0.25, 0.3) is 0 Å². The van der Waals surface area contributed by atoms with Crippen molar-refractivity contribution in [2.45, 2.75) is 118 Å². The van der Waals surface area contributed by atoms with E-state index >= 15 is 0 Å². The average Bonchev–Trinajstić information content (AvgIpc) is 3.42. The minimum absolute atomic E-state index is 0.794. The van der Waals surface area contributed by atoms with Crippen LogP contribution < -0.4 is 0 Å². The van der Waals surface area contributed by atoms with E-state index < -0.39 is 0 Å². The van der Waals surface area contributed by atoms with Gasteiger partial charge in [0, 0.05) is 0 Å². The van der Waals surface area contributed by atoms with Crippen molar-refractivity contribution in [3.8, 4) is 0 Å². The van der Waals surface area contributed by atoms with Gasteiger partial charge in [-0.15, -0.1) is 0 Å². The number of hydrogen-bond donors (Lipinski definition) is 0. The molecular formula is C31H50. The molecule has 0 aromatic carbocycles. The third-order valence-electron chi connectivity index (χ3n) is 8.01. The zero-order chi connectivity index (χ0) is 22.2. The first-order valence-electron chi connectivity index (χ1n) is 13.6. The standard InChI is InChI=1S/C31H50/c1-23(2)19-26(5)17-18-27-14-10-16-29-22-28(29)15-9-12-25(4)21-31(27)30-13-8-6-7-11-24(3)20-30/h6-7,12,16,23-24,26,28,30H,8-11,13-15,17-22H2,1-5H3. The SMILES string of the molecule is CC1=CCCC2CC2=CCCC(CCC(C)CC(C)C)=C(C2CCC=CCC(C)C2)C1. The van der Waals surface area contributed by atoms with Crippen LogP contribution in [-0.4, -0.2) is 0 Å². The highest BCUT2D eigenvalue weighted by Crippen LogP contribution is 2.43. The van der Waals surface area contributed by atoms with Gasteiger partial charge in [0.15, 0.2) is 0 Å². The van der Waals surface area contributed by atoms with Gasteiger partial charge in [-0.25, -0.2) is 0 Å². The number of hydrogen-bond acceptors (Lipinski definition) is 0. The van der Waals surface area contributed by atoms with Gasteiger partial charge in [0.2, 0.25) is 0 Å². The highest BCUT2D eigenvalue weighted by molar-refractivity contribution is 5.28. The first-order chi connectivity index (χ1) is 14.9. The third-order valence-corrected chi connectivity index (χ3v) is 8.01. The Labute approximate surface area is 194 Å². The van der Waals surface area contributed by atoms with Crippen LogP contribution in [0.5, 0.6) is 0 Å². The van der Waals surface area contributed by atoms with E-state index in [0.717, 1.165) is 29.6 Å². The zero-order valence-corrected chi connectivity index (χ0v) is 21.4. The van der Waals surface area contributed by atoms with Gasteiger partial charge < -0.3 is 0 Å². The molecule has 3 aliphatic rings. The second-order valence-corrected chi connectivity index (χ2v) is 11.7. The van der Waals surface area contributed by atoms with E-state index in [9.17, 15) is 0 Å². The molecule has 4 atom stereocenters. The smallest absolute Gasteiger partial charge is 0.0106 e. The summed E-state index contributed by atoms with van der Waals surface area (Å²) in [6, 6.07) is 0. The summed E-state index contributed by atoms with van der Waals surface area (Å²) in [6.45, 7) is 12.1. The molecule has 3 aliphatic carbocycles. The molecule has 0 bridgehead atoms. The predicted octanol–water partition coefficient (Wildman–Crippen LogP) is 9.98. The molecule has 0 nitrogen and oxygen atoms in total. The molecule has 0 amide bonds. The summed E-state index contributed by atoms with van der Waals surface area (Å²) in [7, 11) is 0. The maximum atomic E-state index is 2.63. The molecule has 0 aromatic heterocycles. The summed E-state index contributed by atoms with van der Waals surface area (Å²) in [5.41, 5.74) is 7.11. The van der Waals surface area contributed by atoms with Crippen LogP contribution in [0.1, 0.15) is 118 Å². The van der Waals surface area contributed by atoms with E-state index in [1.165, 1.54) is 83.5 Å². The van der Waals surface area contributed by atoms with Gasteiger partial charge >= 0.3 is 0 Å². The maximum Gasteiger partial charge on any atom is -0.0106 e. The average molecular weight is 423 g/mol. The Morgan fingerprint density at radius 3 is 2.58 bits per heavy atom. The largest absolute Gasteiger partial charge is 0.0885 e. The lowest BCUT2D eigenvalue weighted by Gasteiger charge is -2.29. The lowest BCUT2D eigenvalue weighted by atomic mass is 9.77. The highest BCUT2D eigenvalue weighted by Gasteiger charge is 2.28. The molecule has 0 aromatic rings. The molecule has 0 N–H and O–H groups in total. The van der Waals surface area contributed by atoms with Crippen LogP contribution in [-0.2, 0) is 0 Å². The molecule has 0 spiro atoms. The molecule has 174 valence electrons. The maximum absolute atomic E-state index is 2.63. The number of rotatable bonds is 6. The van der Waals surface area contributed by atoms with Gasteiger partial charge in [-0.2, -0.15) is 0 Å². The summed E-state index contributed by atoms with van der Waals surface area (Å²) in [5, 5.41) is 0. The highest BCUT2D eigenvalue weighted by atomic mass is 14.3. The Morgan fingerprint density at radius 2 is 1.77 bits per heavy atom. The van der Waals surface area contributed by atoms with Gasteiger partial charge in [0.25, 0.3) is 0 Å². The molecule has 0 aliphatic heterocycles. The Kier molecular flexibility index (Phi) is 9.73. The molecule has 4 unspecified atom stereocenters. The molecule has 1 saturated carbocycles. The fraction of sp³-hybridized carbons (Fsp3) is 0.742. The fourth-order valence-corrected chi connectivity index (χ4v) is 6.21. The molecule has 1 fully saturated rings.